The molecule has 0 aromatic heterocycles. The lowest BCUT2D eigenvalue weighted by Gasteiger charge is -2.15. The van der Waals surface area contributed by atoms with Crippen LogP contribution in [-0.4, -0.2) is 11.7 Å². The van der Waals surface area contributed by atoms with Crippen molar-refractivity contribution in [2.75, 3.05) is 11.9 Å². The van der Waals surface area contributed by atoms with Gasteiger partial charge in [-0.2, -0.15) is 0 Å². The Hall–Kier alpha value is -2.13. The maximum atomic E-state index is 5.45. The second-order valence-electron chi connectivity index (χ2n) is 5.43. The van der Waals surface area contributed by atoms with E-state index in [4.69, 9.17) is 12.2 Å². The molecule has 0 heterocycles. The zero-order valence-electron chi connectivity index (χ0n) is 12.7. The van der Waals surface area contributed by atoms with Crippen LogP contribution in [0.4, 0.5) is 5.69 Å². The first kappa shape index (κ1) is 14.8. The number of rotatable bonds is 4. The van der Waals surface area contributed by atoms with Gasteiger partial charge in [0.2, 0.25) is 0 Å². The van der Waals surface area contributed by atoms with Gasteiger partial charge in [0.25, 0.3) is 0 Å². The Bertz CT molecular complexity index is 757. The average molecular weight is 308 g/mol. The van der Waals surface area contributed by atoms with E-state index in [2.05, 4.69) is 72.2 Å². The lowest BCUT2D eigenvalue weighted by molar-refractivity contribution is 0.758. The summed E-state index contributed by atoms with van der Waals surface area (Å²) in [6.07, 6.45) is 2.28. The molecular weight excluding hydrogens is 288 g/mol. The standard InChI is InChI=1S/C19H20N2S/c1-2-3-12-20-19(22)21-18-16-10-6-4-8-14(16)13-15-9-5-7-11-17(15)18/h4-11,13H,2-3,12H2,1H3,(H2,20,21,22). The maximum absolute atomic E-state index is 5.45. The summed E-state index contributed by atoms with van der Waals surface area (Å²) in [4.78, 5) is 0. The van der Waals surface area contributed by atoms with Gasteiger partial charge in [-0.1, -0.05) is 61.9 Å². The van der Waals surface area contributed by atoms with Crippen LogP contribution in [0, 0.1) is 0 Å². The van der Waals surface area contributed by atoms with E-state index in [9.17, 15) is 0 Å². The fraction of sp³-hybridized carbons (Fsp3) is 0.211. The van der Waals surface area contributed by atoms with Gasteiger partial charge >= 0.3 is 0 Å². The molecule has 3 aromatic carbocycles. The number of anilines is 1. The van der Waals surface area contributed by atoms with Gasteiger partial charge in [0, 0.05) is 17.3 Å². The van der Waals surface area contributed by atoms with Crippen molar-refractivity contribution >= 4 is 44.6 Å². The number of benzene rings is 3. The van der Waals surface area contributed by atoms with Gasteiger partial charge < -0.3 is 10.6 Å². The highest BCUT2D eigenvalue weighted by Crippen LogP contribution is 2.32. The molecule has 0 fully saturated rings. The van der Waals surface area contributed by atoms with Gasteiger partial charge in [-0.15, -0.1) is 0 Å². The second kappa shape index (κ2) is 6.75. The first-order valence-corrected chi connectivity index (χ1v) is 8.16. The Morgan fingerprint density at radius 1 is 0.955 bits per heavy atom. The van der Waals surface area contributed by atoms with E-state index in [1.165, 1.54) is 21.5 Å². The Labute approximate surface area is 136 Å². The monoisotopic (exact) mass is 308 g/mol. The number of fused-ring (bicyclic) bond motifs is 2. The number of thiocarbonyl (C=S) groups is 1. The molecule has 2 nitrogen and oxygen atoms in total. The van der Waals surface area contributed by atoms with E-state index in [1.807, 2.05) is 0 Å². The van der Waals surface area contributed by atoms with Crippen molar-refractivity contribution in [2.24, 2.45) is 0 Å². The summed E-state index contributed by atoms with van der Waals surface area (Å²) in [5, 5.41) is 12.2. The molecule has 3 heteroatoms. The van der Waals surface area contributed by atoms with E-state index in [-0.39, 0.29) is 0 Å². The number of hydrogen-bond donors (Lipinski definition) is 2. The first-order valence-electron chi connectivity index (χ1n) is 7.75. The molecule has 112 valence electrons. The topological polar surface area (TPSA) is 24.1 Å². The SMILES string of the molecule is CCCCNC(=S)Nc1c2ccccc2cc2ccccc12. The molecule has 2 N–H and O–H groups in total. The van der Waals surface area contributed by atoms with Gasteiger partial charge in [0.15, 0.2) is 5.11 Å². The van der Waals surface area contributed by atoms with E-state index < -0.39 is 0 Å². The number of hydrogen-bond acceptors (Lipinski definition) is 1. The molecule has 3 rings (SSSR count). The molecule has 0 amide bonds. The van der Waals surface area contributed by atoms with Crippen molar-refractivity contribution in [2.45, 2.75) is 19.8 Å². The largest absolute Gasteiger partial charge is 0.362 e. The number of nitrogens with one attached hydrogen (secondary N) is 2. The van der Waals surface area contributed by atoms with Gasteiger partial charge in [-0.3, -0.25) is 0 Å². The van der Waals surface area contributed by atoms with E-state index in [1.54, 1.807) is 0 Å². The summed E-state index contributed by atoms with van der Waals surface area (Å²) in [6, 6.07) is 19.0. The molecule has 0 bridgehead atoms. The highest BCUT2D eigenvalue weighted by atomic mass is 32.1. The third-order valence-corrected chi connectivity index (χ3v) is 4.07. The van der Waals surface area contributed by atoms with Gasteiger partial charge in [0.1, 0.15) is 0 Å². The van der Waals surface area contributed by atoms with Crippen LogP contribution in [-0.2, 0) is 0 Å². The average Bonchev–Trinajstić information content (AvgIpc) is 2.55. The smallest absolute Gasteiger partial charge is 0.170 e. The molecular formula is C19H20N2S. The minimum Gasteiger partial charge on any atom is -0.362 e. The zero-order valence-corrected chi connectivity index (χ0v) is 13.5. The highest BCUT2D eigenvalue weighted by Gasteiger charge is 2.08. The molecule has 0 aliphatic rings. The second-order valence-corrected chi connectivity index (χ2v) is 5.84. The van der Waals surface area contributed by atoms with Crippen molar-refractivity contribution in [3.8, 4) is 0 Å². The van der Waals surface area contributed by atoms with E-state index in [0.29, 0.717) is 5.11 Å². The van der Waals surface area contributed by atoms with Crippen LogP contribution in [0.2, 0.25) is 0 Å². The predicted molar refractivity (Wildman–Crippen MR) is 101 cm³/mol. The van der Waals surface area contributed by atoms with Crippen molar-refractivity contribution < 1.29 is 0 Å². The molecule has 0 aliphatic heterocycles. The van der Waals surface area contributed by atoms with Crippen LogP contribution in [0.25, 0.3) is 21.5 Å². The Balaban J connectivity index is 2.02. The van der Waals surface area contributed by atoms with Crippen LogP contribution in [0.5, 0.6) is 0 Å². The highest BCUT2D eigenvalue weighted by molar-refractivity contribution is 7.80. The molecule has 0 atom stereocenters. The molecule has 22 heavy (non-hydrogen) atoms. The Morgan fingerprint density at radius 2 is 1.55 bits per heavy atom. The van der Waals surface area contributed by atoms with Crippen molar-refractivity contribution in [3.63, 3.8) is 0 Å². The summed E-state index contributed by atoms with van der Waals surface area (Å²) in [5.74, 6) is 0. The molecule has 0 saturated heterocycles. The van der Waals surface area contributed by atoms with Crippen molar-refractivity contribution in [1.82, 2.24) is 5.32 Å². The minimum atomic E-state index is 0.690. The molecule has 0 unspecified atom stereocenters. The van der Waals surface area contributed by atoms with Gasteiger partial charge in [-0.05, 0) is 35.5 Å². The summed E-state index contributed by atoms with van der Waals surface area (Å²) < 4.78 is 0. The lowest BCUT2D eigenvalue weighted by Crippen LogP contribution is -2.29. The molecule has 0 aliphatic carbocycles. The molecule has 3 aromatic rings. The zero-order chi connectivity index (χ0) is 15.4. The normalized spacial score (nSPS) is 10.8. The van der Waals surface area contributed by atoms with E-state index >= 15 is 0 Å². The number of unbranched alkanes of at least 4 members (excludes halogenated alkanes) is 1. The Kier molecular flexibility index (Phi) is 4.54. The fourth-order valence-electron chi connectivity index (χ4n) is 2.68. The quantitative estimate of drug-likeness (QED) is 0.399. The van der Waals surface area contributed by atoms with Gasteiger partial charge in [0.05, 0.1) is 5.69 Å². The Morgan fingerprint density at radius 3 is 2.14 bits per heavy atom. The van der Waals surface area contributed by atoms with Crippen LogP contribution >= 0.6 is 12.2 Å². The first-order chi connectivity index (χ1) is 10.8. The van der Waals surface area contributed by atoms with Gasteiger partial charge in [-0.25, -0.2) is 0 Å². The molecule has 0 saturated carbocycles. The third kappa shape index (κ3) is 3.04. The van der Waals surface area contributed by atoms with E-state index in [0.717, 1.165) is 25.1 Å². The van der Waals surface area contributed by atoms with Crippen LogP contribution in [0.1, 0.15) is 19.8 Å². The summed E-state index contributed by atoms with van der Waals surface area (Å²) in [5.41, 5.74) is 1.09. The summed E-state index contributed by atoms with van der Waals surface area (Å²) in [6.45, 7) is 3.08. The maximum Gasteiger partial charge on any atom is 0.170 e. The molecule has 0 radical (unpaired) electrons. The lowest BCUT2D eigenvalue weighted by atomic mass is 10.0. The van der Waals surface area contributed by atoms with Crippen LogP contribution < -0.4 is 10.6 Å². The third-order valence-electron chi connectivity index (χ3n) is 3.83. The summed E-state index contributed by atoms with van der Waals surface area (Å²) in [7, 11) is 0. The predicted octanol–water partition coefficient (Wildman–Crippen LogP) is 5.08. The fourth-order valence-corrected chi connectivity index (χ4v) is 2.89. The van der Waals surface area contributed by atoms with Crippen molar-refractivity contribution in [1.29, 1.82) is 0 Å². The van der Waals surface area contributed by atoms with Crippen molar-refractivity contribution in [3.05, 3.63) is 54.6 Å². The minimum absolute atomic E-state index is 0.690. The van der Waals surface area contributed by atoms with Crippen LogP contribution in [0.15, 0.2) is 54.6 Å². The van der Waals surface area contributed by atoms with Crippen LogP contribution in [0.3, 0.4) is 0 Å². The summed E-state index contributed by atoms with van der Waals surface area (Å²) >= 11 is 5.45. The molecule has 0 spiro atoms.